The predicted octanol–water partition coefficient (Wildman–Crippen LogP) is 7.79. The minimum Gasteiger partial charge on any atom is -0.281 e. The molecule has 6 nitrogen and oxygen atoms in total. The third-order valence-corrected chi connectivity index (χ3v) is 12.7. The van der Waals surface area contributed by atoms with Crippen molar-refractivity contribution in [2.24, 2.45) is 35.5 Å². The Labute approximate surface area is 239 Å². The molecule has 1 N–H and O–H groups in total. The number of hydrogen-bond acceptors (Lipinski definition) is 5. The van der Waals surface area contributed by atoms with Gasteiger partial charge >= 0.3 is 36.7 Å². The highest BCUT2D eigenvalue weighted by Gasteiger charge is 2.83. The molecule has 240 valence electrons. The first-order chi connectivity index (χ1) is 19.0. The maximum Gasteiger partial charge on any atom is 0.439 e. The van der Waals surface area contributed by atoms with Gasteiger partial charge in [-0.2, -0.15) is 43.2 Å². The lowest BCUT2D eigenvalue weighted by atomic mass is 9.58. The largest absolute Gasteiger partial charge is 0.439 e. The molecule has 4 aliphatic rings. The van der Waals surface area contributed by atoms with E-state index in [0.29, 0.717) is 44.4 Å². The second kappa shape index (κ2) is 12.4. The van der Waals surface area contributed by atoms with E-state index in [2.05, 4.69) is 0 Å². The second-order valence-electron chi connectivity index (χ2n) is 12.9. The Balaban J connectivity index is 1.72. The third-order valence-electron chi connectivity index (χ3n) is 10.4. The summed E-state index contributed by atoms with van der Waals surface area (Å²) in [5, 5.41) is -13.4. The van der Waals surface area contributed by atoms with Crippen LogP contribution in [0.5, 0.6) is 0 Å². The average Bonchev–Trinajstić information content (AvgIpc) is 2.93. The van der Waals surface area contributed by atoms with E-state index in [1.165, 1.54) is 0 Å². The van der Waals surface area contributed by atoms with Crippen LogP contribution in [0, 0.1) is 35.5 Å². The minimum absolute atomic E-state index is 0.0881. The van der Waals surface area contributed by atoms with Crippen LogP contribution in [0.4, 0.5) is 26.3 Å². The monoisotopic (exact) mass is 640 g/mol. The van der Waals surface area contributed by atoms with E-state index in [4.69, 9.17) is 8.74 Å². The highest BCUT2D eigenvalue weighted by Crippen LogP contribution is 2.55. The van der Waals surface area contributed by atoms with Crippen molar-refractivity contribution in [3.63, 3.8) is 0 Å². The van der Waals surface area contributed by atoms with Gasteiger partial charge in [0.2, 0.25) is 0 Å². The summed E-state index contributed by atoms with van der Waals surface area (Å²) in [6.45, 7) is 0. The van der Waals surface area contributed by atoms with Gasteiger partial charge in [-0.05, 0) is 48.3 Å². The molecule has 0 saturated heterocycles. The van der Waals surface area contributed by atoms with Crippen molar-refractivity contribution in [2.75, 3.05) is 0 Å². The van der Waals surface area contributed by atoms with E-state index >= 15 is 0 Å². The van der Waals surface area contributed by atoms with Gasteiger partial charge in [0.1, 0.15) is 0 Å². The van der Waals surface area contributed by atoms with Crippen LogP contribution >= 0.6 is 0 Å². The van der Waals surface area contributed by atoms with Crippen molar-refractivity contribution in [1.82, 2.24) is 0 Å². The minimum atomic E-state index is -7.10. The summed E-state index contributed by atoms with van der Waals surface area (Å²) < 4.78 is 148. The molecule has 4 aliphatic carbocycles. The lowest BCUT2D eigenvalue weighted by molar-refractivity contribution is -0.249. The van der Waals surface area contributed by atoms with Gasteiger partial charge in [0.15, 0.2) is 0 Å². The van der Waals surface area contributed by atoms with E-state index in [0.717, 1.165) is 70.6 Å². The number of halogens is 6. The zero-order chi connectivity index (χ0) is 30.3. The first-order valence-corrected chi connectivity index (χ1v) is 17.9. The molecule has 4 rings (SSSR count). The lowest BCUT2D eigenvalue weighted by Gasteiger charge is -2.50. The van der Waals surface area contributed by atoms with Crippen LogP contribution in [0.3, 0.4) is 0 Å². The van der Waals surface area contributed by atoms with Gasteiger partial charge in [-0.25, -0.2) is 0 Å². The van der Waals surface area contributed by atoms with Crippen LogP contribution in [-0.4, -0.2) is 43.9 Å². The van der Waals surface area contributed by atoms with Crippen LogP contribution in [0.25, 0.3) is 0 Å². The number of alkyl halides is 6. The Morgan fingerprint density at radius 1 is 0.537 bits per heavy atom. The summed E-state index contributed by atoms with van der Waals surface area (Å²) in [5.74, 6) is -7.66. The highest BCUT2D eigenvalue weighted by molar-refractivity contribution is 7.88. The Kier molecular flexibility index (Phi) is 10.1. The maximum atomic E-state index is 14.9. The van der Waals surface area contributed by atoms with Crippen molar-refractivity contribution in [3.8, 4) is 0 Å². The standard InChI is InChI=1S/C27H42F6O6S2/c28-25(29,26(30,31)40(34,35)36)27(32,33)41(37,38)39-24-22(19-12-6-2-7-13-19)16-21(18-10-4-1-5-11-18)17-23(24)20-14-8-3-9-15-20/h18-24H,1-17H2,(H,34,35,36). The fourth-order valence-corrected chi connectivity index (χ4v) is 9.91. The third kappa shape index (κ3) is 6.45. The Morgan fingerprint density at radius 2 is 0.902 bits per heavy atom. The van der Waals surface area contributed by atoms with Gasteiger partial charge in [0.05, 0.1) is 6.10 Å². The van der Waals surface area contributed by atoms with Crippen molar-refractivity contribution in [3.05, 3.63) is 0 Å². The van der Waals surface area contributed by atoms with Crippen molar-refractivity contribution in [1.29, 1.82) is 0 Å². The number of hydrogen-bond donors (Lipinski definition) is 1. The van der Waals surface area contributed by atoms with Gasteiger partial charge in [0.25, 0.3) is 0 Å². The molecular formula is C27H42F6O6S2. The van der Waals surface area contributed by atoms with Gasteiger partial charge < -0.3 is 0 Å². The summed E-state index contributed by atoms with van der Waals surface area (Å²) in [6.07, 6.45) is 13.0. The molecule has 41 heavy (non-hydrogen) atoms. The molecule has 2 atom stereocenters. The molecule has 4 saturated carbocycles. The van der Waals surface area contributed by atoms with Crippen molar-refractivity contribution in [2.45, 2.75) is 132 Å². The van der Waals surface area contributed by atoms with Gasteiger partial charge in [0, 0.05) is 0 Å². The smallest absolute Gasteiger partial charge is 0.281 e. The second-order valence-corrected chi connectivity index (χ2v) is 15.9. The molecule has 14 heteroatoms. The molecule has 0 aromatic heterocycles. The molecule has 0 amide bonds. The SMILES string of the molecule is O=S(=O)(O)C(F)(F)C(F)(F)C(F)(F)S(=O)(=O)OC1C(C2CCCCC2)CC(C2CCCCC2)CC1C1CCCCC1. The normalized spacial score (nSPS) is 31.3. The Morgan fingerprint density at radius 3 is 1.27 bits per heavy atom. The Hall–Kier alpha value is -0.600. The Bertz CT molecular complexity index is 1070. The summed E-state index contributed by atoms with van der Waals surface area (Å²) in [6, 6.07) is 0. The topological polar surface area (TPSA) is 97.7 Å². The zero-order valence-electron chi connectivity index (χ0n) is 23.1. The van der Waals surface area contributed by atoms with E-state index in [1.54, 1.807) is 0 Å². The van der Waals surface area contributed by atoms with E-state index in [1.807, 2.05) is 0 Å². The first kappa shape index (κ1) is 33.3. The van der Waals surface area contributed by atoms with E-state index < -0.39 is 54.6 Å². The molecule has 0 spiro atoms. The summed E-state index contributed by atoms with van der Waals surface area (Å²) in [4.78, 5) is 0. The molecule has 4 fully saturated rings. The number of rotatable bonds is 9. The molecule has 0 radical (unpaired) electrons. The van der Waals surface area contributed by atoms with Gasteiger partial charge in [-0.3, -0.25) is 8.74 Å². The van der Waals surface area contributed by atoms with E-state index in [9.17, 15) is 43.2 Å². The van der Waals surface area contributed by atoms with Gasteiger partial charge in [-0.15, -0.1) is 0 Å². The molecule has 0 heterocycles. The van der Waals surface area contributed by atoms with Crippen LogP contribution in [0.1, 0.15) is 109 Å². The molecule has 0 aromatic rings. The van der Waals surface area contributed by atoms with Crippen LogP contribution < -0.4 is 0 Å². The molecule has 2 unspecified atom stereocenters. The van der Waals surface area contributed by atoms with Crippen LogP contribution in [-0.2, 0) is 24.4 Å². The summed E-state index contributed by atoms with van der Waals surface area (Å²) in [5.41, 5.74) is 0. The zero-order valence-corrected chi connectivity index (χ0v) is 24.8. The fraction of sp³-hybridized carbons (Fsp3) is 1.00. The van der Waals surface area contributed by atoms with Crippen LogP contribution in [0.15, 0.2) is 0 Å². The fourth-order valence-electron chi connectivity index (χ4n) is 8.26. The van der Waals surface area contributed by atoms with Crippen LogP contribution in [0.2, 0.25) is 0 Å². The molecule has 0 aromatic carbocycles. The molecule has 0 bridgehead atoms. The average molecular weight is 641 g/mol. The van der Waals surface area contributed by atoms with Gasteiger partial charge in [-0.1, -0.05) is 96.3 Å². The molecular weight excluding hydrogens is 598 g/mol. The first-order valence-electron chi connectivity index (χ1n) is 15.0. The summed E-state index contributed by atoms with van der Waals surface area (Å²) in [7, 11) is -13.9. The highest BCUT2D eigenvalue weighted by atomic mass is 32.2. The summed E-state index contributed by atoms with van der Waals surface area (Å²) >= 11 is 0. The van der Waals surface area contributed by atoms with Crippen molar-refractivity contribution >= 4 is 20.2 Å². The quantitative estimate of drug-likeness (QED) is 0.157. The predicted molar refractivity (Wildman–Crippen MR) is 140 cm³/mol. The van der Waals surface area contributed by atoms with Crippen molar-refractivity contribution < 1.29 is 51.9 Å². The molecule has 0 aliphatic heterocycles. The lowest BCUT2D eigenvalue weighted by Crippen LogP contribution is -2.61. The van der Waals surface area contributed by atoms with E-state index in [-0.39, 0.29) is 17.8 Å². The maximum absolute atomic E-state index is 14.9.